The molecule has 0 saturated carbocycles. The first-order valence-electron chi connectivity index (χ1n) is 6.79. The van der Waals surface area contributed by atoms with Crippen molar-refractivity contribution in [2.24, 2.45) is 0 Å². The molecular weight excluding hydrogens is 288 g/mol. The highest BCUT2D eigenvalue weighted by atomic mass is 35.5. The van der Waals surface area contributed by atoms with Crippen LogP contribution in [0.4, 0.5) is 0 Å². The molecule has 0 saturated heterocycles. The minimum atomic E-state index is -0.146. The Labute approximate surface area is 129 Å². The van der Waals surface area contributed by atoms with E-state index in [9.17, 15) is 10.2 Å². The van der Waals surface area contributed by atoms with Gasteiger partial charge in [-0.25, -0.2) is 0 Å². The number of aryl methyl sites for hydroxylation is 1. The van der Waals surface area contributed by atoms with Gasteiger partial charge in [-0.2, -0.15) is 0 Å². The number of aliphatic hydroxyl groups is 1. The van der Waals surface area contributed by atoms with Crippen molar-refractivity contribution in [2.45, 2.75) is 33.0 Å². The van der Waals surface area contributed by atoms with E-state index in [0.717, 1.165) is 5.56 Å². The molecule has 112 valence electrons. The Morgan fingerprint density at radius 3 is 2.57 bits per heavy atom. The number of aliphatic hydroxyl groups excluding tert-OH is 1. The van der Waals surface area contributed by atoms with Gasteiger partial charge in [-0.15, -0.1) is 0 Å². The molecule has 0 amide bonds. The molecule has 5 heteroatoms. The molecule has 0 aliphatic carbocycles. The molecule has 1 atom stereocenters. The summed E-state index contributed by atoms with van der Waals surface area (Å²) >= 11 is 5.88. The predicted molar refractivity (Wildman–Crippen MR) is 83.3 cm³/mol. The van der Waals surface area contributed by atoms with Crippen LogP contribution in [0, 0.1) is 6.92 Å². The monoisotopic (exact) mass is 306 g/mol. The minimum Gasteiger partial charge on any atom is -0.506 e. The number of halogens is 1. The van der Waals surface area contributed by atoms with Crippen LogP contribution in [-0.2, 0) is 13.2 Å². The molecule has 0 fully saturated rings. The molecule has 0 aliphatic heterocycles. The second-order valence-electron chi connectivity index (χ2n) is 5.01. The van der Waals surface area contributed by atoms with E-state index in [0.29, 0.717) is 28.4 Å². The van der Waals surface area contributed by atoms with Crippen LogP contribution >= 0.6 is 11.6 Å². The van der Waals surface area contributed by atoms with Crippen molar-refractivity contribution >= 4 is 11.6 Å². The third-order valence-electron chi connectivity index (χ3n) is 3.56. The van der Waals surface area contributed by atoms with Crippen molar-refractivity contribution in [3.05, 3.63) is 57.9 Å². The number of hydrogen-bond acceptors (Lipinski definition) is 4. The van der Waals surface area contributed by atoms with E-state index in [1.165, 1.54) is 0 Å². The minimum absolute atomic E-state index is 0.0988. The third kappa shape index (κ3) is 3.73. The summed E-state index contributed by atoms with van der Waals surface area (Å²) in [6.07, 6.45) is 1.60. The van der Waals surface area contributed by atoms with Gasteiger partial charge in [-0.3, -0.25) is 4.98 Å². The van der Waals surface area contributed by atoms with Crippen molar-refractivity contribution in [3.8, 4) is 5.75 Å². The first-order chi connectivity index (χ1) is 10.0. The fourth-order valence-electron chi connectivity index (χ4n) is 2.14. The summed E-state index contributed by atoms with van der Waals surface area (Å²) in [6.45, 7) is 4.08. The van der Waals surface area contributed by atoms with Crippen molar-refractivity contribution in [1.29, 1.82) is 0 Å². The number of aromatic nitrogens is 1. The van der Waals surface area contributed by atoms with Crippen molar-refractivity contribution in [1.82, 2.24) is 10.3 Å². The Balaban J connectivity index is 2.12. The summed E-state index contributed by atoms with van der Waals surface area (Å²) in [4.78, 5) is 4.05. The molecular formula is C16H19ClN2O2. The van der Waals surface area contributed by atoms with E-state index in [4.69, 9.17) is 11.6 Å². The van der Waals surface area contributed by atoms with Crippen molar-refractivity contribution in [2.75, 3.05) is 0 Å². The molecule has 3 N–H and O–H groups in total. The molecule has 4 nitrogen and oxygen atoms in total. The Morgan fingerprint density at radius 1 is 1.29 bits per heavy atom. The first kappa shape index (κ1) is 15.8. The van der Waals surface area contributed by atoms with Gasteiger partial charge in [0.15, 0.2) is 0 Å². The van der Waals surface area contributed by atoms with Gasteiger partial charge in [0.1, 0.15) is 5.75 Å². The van der Waals surface area contributed by atoms with E-state index in [-0.39, 0.29) is 18.4 Å². The van der Waals surface area contributed by atoms with Gasteiger partial charge in [0.2, 0.25) is 0 Å². The zero-order valence-corrected chi connectivity index (χ0v) is 12.9. The molecule has 0 aliphatic rings. The fraction of sp³-hybridized carbons (Fsp3) is 0.312. The Hall–Kier alpha value is -1.62. The zero-order chi connectivity index (χ0) is 15.4. The highest BCUT2D eigenvalue weighted by Gasteiger charge is 2.13. The van der Waals surface area contributed by atoms with E-state index < -0.39 is 0 Å². The van der Waals surface area contributed by atoms with Crippen LogP contribution in [0.15, 0.2) is 30.5 Å². The second-order valence-corrected chi connectivity index (χ2v) is 5.44. The lowest BCUT2D eigenvalue weighted by atomic mass is 10.1. The normalized spacial score (nSPS) is 12.4. The van der Waals surface area contributed by atoms with Gasteiger partial charge in [0.25, 0.3) is 0 Å². The molecule has 2 aromatic rings. The highest BCUT2D eigenvalue weighted by Crippen LogP contribution is 2.25. The Kier molecular flexibility index (Phi) is 5.17. The van der Waals surface area contributed by atoms with Crippen molar-refractivity contribution < 1.29 is 10.2 Å². The third-order valence-corrected chi connectivity index (χ3v) is 3.81. The summed E-state index contributed by atoms with van der Waals surface area (Å²) < 4.78 is 0. The van der Waals surface area contributed by atoms with Crippen molar-refractivity contribution in [3.63, 3.8) is 0 Å². The quantitative estimate of drug-likeness (QED) is 0.794. The number of hydrogen-bond donors (Lipinski definition) is 3. The van der Waals surface area contributed by atoms with Crippen LogP contribution in [0.2, 0.25) is 5.02 Å². The lowest BCUT2D eigenvalue weighted by Gasteiger charge is -2.17. The lowest BCUT2D eigenvalue weighted by Crippen LogP contribution is -2.19. The molecule has 0 radical (unpaired) electrons. The summed E-state index contributed by atoms with van der Waals surface area (Å²) in [5.74, 6) is 0.136. The summed E-state index contributed by atoms with van der Waals surface area (Å²) in [6, 6.07) is 7.72. The van der Waals surface area contributed by atoms with Gasteiger partial charge in [-0.05, 0) is 31.5 Å². The van der Waals surface area contributed by atoms with Crippen LogP contribution in [0.3, 0.4) is 0 Å². The second kappa shape index (κ2) is 6.89. The standard InChI is InChI=1S/C16H19ClN2O2/c1-10(12-3-5-14(17)6-4-12)19-8-15-13(9-20)7-18-11(2)16(15)21/h3-7,10,19-21H,8-9H2,1-2H3/t10-/m0/s1. The average Bonchev–Trinajstić information content (AvgIpc) is 2.49. The van der Waals surface area contributed by atoms with E-state index >= 15 is 0 Å². The maximum Gasteiger partial charge on any atom is 0.141 e. The van der Waals surface area contributed by atoms with E-state index in [1.54, 1.807) is 13.1 Å². The maximum atomic E-state index is 10.1. The number of nitrogens with zero attached hydrogens (tertiary/aromatic N) is 1. The summed E-state index contributed by atoms with van der Waals surface area (Å²) in [5.41, 5.74) is 2.98. The van der Waals surface area contributed by atoms with Gasteiger partial charge in [0.05, 0.1) is 12.3 Å². The van der Waals surface area contributed by atoms with E-state index in [2.05, 4.69) is 10.3 Å². The van der Waals surface area contributed by atoms with Crippen LogP contribution < -0.4 is 5.32 Å². The van der Waals surface area contributed by atoms with Crippen LogP contribution in [0.25, 0.3) is 0 Å². The molecule has 0 bridgehead atoms. The lowest BCUT2D eigenvalue weighted by molar-refractivity contribution is 0.278. The molecule has 0 unspecified atom stereocenters. The SMILES string of the molecule is Cc1ncc(CO)c(CN[C@@H](C)c2ccc(Cl)cc2)c1O. The average molecular weight is 307 g/mol. The smallest absolute Gasteiger partial charge is 0.141 e. The number of aromatic hydroxyl groups is 1. The predicted octanol–water partition coefficient (Wildman–Crippen LogP) is 3.09. The Bertz CT molecular complexity index is 614. The molecule has 1 aromatic carbocycles. The largest absolute Gasteiger partial charge is 0.506 e. The number of benzene rings is 1. The molecule has 2 rings (SSSR count). The van der Waals surface area contributed by atoms with Gasteiger partial charge >= 0.3 is 0 Å². The molecule has 1 aromatic heterocycles. The van der Waals surface area contributed by atoms with Crippen LogP contribution in [0.5, 0.6) is 5.75 Å². The highest BCUT2D eigenvalue weighted by molar-refractivity contribution is 6.30. The summed E-state index contributed by atoms with van der Waals surface area (Å²) in [5, 5.41) is 23.5. The number of rotatable bonds is 5. The van der Waals surface area contributed by atoms with Gasteiger partial charge in [-0.1, -0.05) is 23.7 Å². The zero-order valence-electron chi connectivity index (χ0n) is 12.1. The maximum absolute atomic E-state index is 10.1. The molecule has 0 spiro atoms. The van der Waals surface area contributed by atoms with E-state index in [1.807, 2.05) is 31.2 Å². The van der Waals surface area contributed by atoms with Crippen LogP contribution in [-0.4, -0.2) is 15.2 Å². The molecule has 21 heavy (non-hydrogen) atoms. The summed E-state index contributed by atoms with van der Waals surface area (Å²) in [7, 11) is 0. The first-order valence-corrected chi connectivity index (χ1v) is 7.16. The van der Waals surface area contributed by atoms with Crippen LogP contribution in [0.1, 0.15) is 35.3 Å². The fourth-order valence-corrected chi connectivity index (χ4v) is 2.27. The van der Waals surface area contributed by atoms with Gasteiger partial charge < -0.3 is 15.5 Å². The van der Waals surface area contributed by atoms with Gasteiger partial charge in [0, 0.05) is 34.9 Å². The molecule has 1 heterocycles. The number of pyridine rings is 1. The topological polar surface area (TPSA) is 65.4 Å². The Morgan fingerprint density at radius 2 is 1.95 bits per heavy atom. The number of nitrogens with one attached hydrogen (secondary N) is 1.